The summed E-state index contributed by atoms with van der Waals surface area (Å²) < 4.78 is 45.9. The Morgan fingerprint density at radius 3 is 2.55 bits per heavy atom. The lowest BCUT2D eigenvalue weighted by Gasteiger charge is -2.24. The van der Waals surface area contributed by atoms with Crippen LogP contribution in [-0.4, -0.2) is 40.4 Å². The SMILES string of the molecule is Nc1c(F)c(N2CCC(CC3(N)CC3)C2)c(F)c2c1c(=O)c(C(=O)O)cn2C1CC1F. The number of carbonyl (C=O) groups is 1. The van der Waals surface area contributed by atoms with Gasteiger partial charge in [0.05, 0.1) is 22.6 Å². The molecular weight excluding hydrogens is 413 g/mol. The van der Waals surface area contributed by atoms with Crippen LogP contribution in [0.4, 0.5) is 24.5 Å². The van der Waals surface area contributed by atoms with Crippen molar-refractivity contribution < 1.29 is 23.1 Å². The molecular formula is C21H23F3N4O3. The van der Waals surface area contributed by atoms with E-state index in [4.69, 9.17) is 11.5 Å². The number of nitrogen functional groups attached to an aromatic ring is 1. The summed E-state index contributed by atoms with van der Waals surface area (Å²) in [5.74, 6) is -3.51. The topological polar surface area (TPSA) is 115 Å². The first-order valence-corrected chi connectivity index (χ1v) is 10.4. The fourth-order valence-corrected chi connectivity index (χ4v) is 4.83. The number of benzene rings is 1. The van der Waals surface area contributed by atoms with Gasteiger partial charge in [-0.05, 0) is 31.6 Å². The summed E-state index contributed by atoms with van der Waals surface area (Å²) in [6.45, 7) is 0.788. The molecule has 1 aliphatic heterocycles. The molecule has 0 radical (unpaired) electrons. The fourth-order valence-electron chi connectivity index (χ4n) is 4.83. The molecule has 7 nitrogen and oxygen atoms in total. The van der Waals surface area contributed by atoms with Gasteiger partial charge in [0.2, 0.25) is 5.43 Å². The second-order valence-electron chi connectivity index (χ2n) is 9.18. The van der Waals surface area contributed by atoms with Gasteiger partial charge in [0.25, 0.3) is 0 Å². The predicted octanol–water partition coefficient (Wildman–Crippen LogP) is 2.55. The van der Waals surface area contributed by atoms with Crippen molar-refractivity contribution in [2.24, 2.45) is 11.7 Å². The average molecular weight is 436 g/mol. The number of hydrogen-bond donors (Lipinski definition) is 3. The van der Waals surface area contributed by atoms with Crippen LogP contribution in [0.5, 0.6) is 0 Å². The van der Waals surface area contributed by atoms with Crippen molar-refractivity contribution in [3.63, 3.8) is 0 Å². The molecule has 10 heteroatoms. The minimum absolute atomic E-state index is 0.0491. The smallest absolute Gasteiger partial charge is 0.341 e. The molecule has 2 aliphatic carbocycles. The maximum Gasteiger partial charge on any atom is 0.341 e. The van der Waals surface area contributed by atoms with E-state index in [9.17, 15) is 19.1 Å². The number of nitrogens with two attached hydrogens (primary N) is 2. The highest BCUT2D eigenvalue weighted by atomic mass is 19.1. The Hall–Kier alpha value is -2.75. The Morgan fingerprint density at radius 2 is 1.97 bits per heavy atom. The fraction of sp³-hybridized carbons (Fsp3) is 0.524. The summed E-state index contributed by atoms with van der Waals surface area (Å²) in [6, 6.07) is -0.827. The number of aromatic carboxylic acids is 1. The molecule has 0 amide bonds. The van der Waals surface area contributed by atoms with Crippen molar-refractivity contribution in [2.75, 3.05) is 23.7 Å². The van der Waals surface area contributed by atoms with E-state index in [1.807, 2.05) is 0 Å². The first-order valence-electron chi connectivity index (χ1n) is 10.4. The lowest BCUT2D eigenvalue weighted by molar-refractivity contribution is 0.0694. The number of hydrogen-bond acceptors (Lipinski definition) is 5. The maximum atomic E-state index is 15.7. The molecule has 0 bridgehead atoms. The van der Waals surface area contributed by atoms with Crippen LogP contribution in [0.15, 0.2) is 11.0 Å². The van der Waals surface area contributed by atoms with Gasteiger partial charge in [-0.1, -0.05) is 0 Å². The highest BCUT2D eigenvalue weighted by Crippen LogP contribution is 2.45. The molecule has 3 unspecified atom stereocenters. The van der Waals surface area contributed by atoms with Crippen LogP contribution in [0, 0.1) is 17.6 Å². The van der Waals surface area contributed by atoms with Gasteiger partial charge in [0.15, 0.2) is 11.6 Å². The zero-order valence-corrected chi connectivity index (χ0v) is 16.7. The molecule has 31 heavy (non-hydrogen) atoms. The summed E-state index contributed by atoms with van der Waals surface area (Å²) in [5.41, 5.74) is 8.79. The largest absolute Gasteiger partial charge is 0.477 e. The van der Waals surface area contributed by atoms with Crippen molar-refractivity contribution in [1.82, 2.24) is 4.57 Å². The highest BCUT2D eigenvalue weighted by Gasteiger charge is 2.43. The van der Waals surface area contributed by atoms with Gasteiger partial charge in [0.1, 0.15) is 17.4 Å². The number of carboxylic acids is 1. The van der Waals surface area contributed by atoms with Gasteiger partial charge in [-0.2, -0.15) is 0 Å². The van der Waals surface area contributed by atoms with E-state index in [2.05, 4.69) is 0 Å². The first kappa shape index (κ1) is 20.2. The standard InChI is InChI=1S/C21H23F3N4O3/c22-11-5-12(11)28-8-10(20(30)31)19(29)13-16(25)14(23)18(15(24)17(13)28)27-4-1-9(7-27)6-21(26)2-3-21/h8-9,11-12H,1-7,25-26H2,(H,30,31). The Bertz CT molecular complexity index is 1180. The second-order valence-corrected chi connectivity index (χ2v) is 9.18. The molecule has 2 aromatic rings. The third kappa shape index (κ3) is 3.15. The van der Waals surface area contributed by atoms with Crippen LogP contribution in [-0.2, 0) is 0 Å². The van der Waals surface area contributed by atoms with Crippen molar-refractivity contribution in [3.05, 3.63) is 33.6 Å². The molecule has 2 heterocycles. The van der Waals surface area contributed by atoms with Crippen molar-refractivity contribution in [3.8, 4) is 0 Å². The van der Waals surface area contributed by atoms with E-state index in [1.54, 1.807) is 4.90 Å². The van der Waals surface area contributed by atoms with E-state index in [0.717, 1.165) is 36.4 Å². The number of aromatic nitrogens is 1. The van der Waals surface area contributed by atoms with Crippen LogP contribution in [0.25, 0.3) is 10.9 Å². The zero-order valence-electron chi connectivity index (χ0n) is 16.7. The van der Waals surface area contributed by atoms with Crippen LogP contribution in [0.2, 0.25) is 0 Å². The van der Waals surface area contributed by atoms with Crippen molar-refractivity contribution >= 4 is 28.2 Å². The maximum absolute atomic E-state index is 15.7. The summed E-state index contributed by atoms with van der Waals surface area (Å²) >= 11 is 0. The summed E-state index contributed by atoms with van der Waals surface area (Å²) in [5, 5.41) is 8.78. The van der Waals surface area contributed by atoms with Gasteiger partial charge >= 0.3 is 5.97 Å². The Kier molecular flexibility index (Phi) is 4.31. The summed E-state index contributed by atoms with van der Waals surface area (Å²) in [7, 11) is 0. The van der Waals surface area contributed by atoms with E-state index in [0.29, 0.717) is 13.1 Å². The minimum Gasteiger partial charge on any atom is -0.477 e. The van der Waals surface area contributed by atoms with Crippen molar-refractivity contribution in [1.29, 1.82) is 0 Å². The van der Waals surface area contributed by atoms with Gasteiger partial charge in [-0.15, -0.1) is 0 Å². The normalized spacial score (nSPS) is 26.5. The summed E-state index contributed by atoms with van der Waals surface area (Å²) in [6.07, 6.45) is 3.05. The molecule has 0 spiro atoms. The molecule has 3 aliphatic rings. The molecule has 1 aromatic carbocycles. The lowest BCUT2D eigenvalue weighted by atomic mass is 9.98. The number of alkyl halides is 1. The molecule has 3 atom stereocenters. The van der Waals surface area contributed by atoms with Crippen molar-refractivity contribution in [2.45, 2.75) is 49.9 Å². The van der Waals surface area contributed by atoms with Crippen LogP contribution in [0.1, 0.15) is 48.5 Å². The van der Waals surface area contributed by atoms with Crippen LogP contribution in [0.3, 0.4) is 0 Å². The Balaban J connectivity index is 1.66. The number of nitrogens with zero attached hydrogens (tertiary/aromatic N) is 2. The Labute approximate surface area is 175 Å². The van der Waals surface area contributed by atoms with Gasteiger partial charge < -0.3 is 26.0 Å². The molecule has 166 valence electrons. The lowest BCUT2D eigenvalue weighted by Crippen LogP contribution is -2.29. The number of halogens is 3. The van der Waals surface area contributed by atoms with E-state index < -0.39 is 51.9 Å². The molecule has 3 fully saturated rings. The zero-order chi connectivity index (χ0) is 22.2. The monoisotopic (exact) mass is 436 g/mol. The van der Waals surface area contributed by atoms with Crippen LogP contribution >= 0.6 is 0 Å². The number of fused-ring (bicyclic) bond motifs is 1. The van der Waals surface area contributed by atoms with E-state index in [1.165, 1.54) is 0 Å². The molecule has 2 saturated carbocycles. The van der Waals surface area contributed by atoms with Gasteiger partial charge in [-0.25, -0.2) is 18.0 Å². The molecule has 5 rings (SSSR count). The quantitative estimate of drug-likeness (QED) is 0.621. The number of anilines is 2. The first-order chi connectivity index (χ1) is 14.6. The number of rotatable bonds is 5. The second kappa shape index (κ2) is 6.62. The molecule has 1 aromatic heterocycles. The minimum atomic E-state index is -1.57. The summed E-state index contributed by atoms with van der Waals surface area (Å²) in [4.78, 5) is 25.7. The highest BCUT2D eigenvalue weighted by molar-refractivity contribution is 5.99. The molecule has 5 N–H and O–H groups in total. The van der Waals surface area contributed by atoms with E-state index >= 15 is 8.78 Å². The molecule has 1 saturated heterocycles. The Morgan fingerprint density at radius 1 is 1.29 bits per heavy atom. The third-order valence-electron chi connectivity index (χ3n) is 6.82. The average Bonchev–Trinajstić information content (AvgIpc) is 3.57. The van der Waals surface area contributed by atoms with Gasteiger partial charge in [-0.3, -0.25) is 4.79 Å². The van der Waals surface area contributed by atoms with Crippen LogP contribution < -0.4 is 21.8 Å². The predicted molar refractivity (Wildman–Crippen MR) is 109 cm³/mol. The number of carboxylic acid groups (broad SMARTS) is 1. The third-order valence-corrected chi connectivity index (χ3v) is 6.82. The van der Waals surface area contributed by atoms with E-state index in [-0.39, 0.29) is 29.1 Å². The number of pyridine rings is 1. The van der Waals surface area contributed by atoms with Gasteiger partial charge in [0, 0.05) is 31.2 Å².